The maximum atomic E-state index is 13.0. The number of nitriles is 1. The van der Waals surface area contributed by atoms with Crippen molar-refractivity contribution in [2.45, 2.75) is 6.92 Å². The number of anilines is 1. The number of ether oxygens (including phenoxy) is 2. The average Bonchev–Trinajstić information content (AvgIpc) is 2.67. The standard InChI is InChI=1S/C20H16FIN2O5/c1-2-28-17-9-12(8-16(22)19(17)29-11-18(25)26)7-13(10-23)20(27)24-15-5-3-14(21)4-6-15/h3-9H,2,11H2,1H3,(H,24,27)(H,25,26)/b13-7+. The third-order valence-electron chi connectivity index (χ3n) is 3.45. The van der Waals surface area contributed by atoms with E-state index in [1.54, 1.807) is 19.1 Å². The summed E-state index contributed by atoms with van der Waals surface area (Å²) in [7, 11) is 0. The summed E-state index contributed by atoms with van der Waals surface area (Å²) in [5, 5.41) is 20.7. The Morgan fingerprint density at radius 2 is 1.97 bits per heavy atom. The summed E-state index contributed by atoms with van der Waals surface area (Å²) in [5.41, 5.74) is 0.665. The molecule has 0 fully saturated rings. The van der Waals surface area contributed by atoms with E-state index in [0.29, 0.717) is 27.2 Å². The summed E-state index contributed by atoms with van der Waals surface area (Å²) >= 11 is 1.95. The van der Waals surface area contributed by atoms with E-state index in [9.17, 15) is 19.2 Å². The molecule has 1 amide bonds. The lowest BCUT2D eigenvalue weighted by molar-refractivity contribution is -0.139. The summed E-state index contributed by atoms with van der Waals surface area (Å²) < 4.78 is 24.3. The lowest BCUT2D eigenvalue weighted by Gasteiger charge is -2.13. The SMILES string of the molecule is CCOc1cc(/C=C(\C#N)C(=O)Nc2ccc(F)cc2)cc(I)c1OCC(=O)O. The van der Waals surface area contributed by atoms with Gasteiger partial charge in [0.1, 0.15) is 17.5 Å². The highest BCUT2D eigenvalue weighted by Gasteiger charge is 2.15. The molecule has 0 bridgehead atoms. The Balaban J connectivity index is 2.31. The van der Waals surface area contributed by atoms with Crippen molar-refractivity contribution in [1.29, 1.82) is 5.26 Å². The molecular formula is C20H16FIN2O5. The largest absolute Gasteiger partial charge is 0.490 e. The van der Waals surface area contributed by atoms with Crippen molar-refractivity contribution in [1.82, 2.24) is 0 Å². The van der Waals surface area contributed by atoms with Crippen LogP contribution in [-0.4, -0.2) is 30.2 Å². The quantitative estimate of drug-likeness (QED) is 0.318. The van der Waals surface area contributed by atoms with Crippen LogP contribution in [0.4, 0.5) is 10.1 Å². The molecule has 0 aliphatic heterocycles. The Labute approximate surface area is 179 Å². The first-order valence-corrected chi connectivity index (χ1v) is 9.41. The summed E-state index contributed by atoms with van der Waals surface area (Å²) in [6.07, 6.45) is 1.37. The molecule has 150 valence electrons. The maximum absolute atomic E-state index is 13.0. The fraction of sp³-hybridized carbons (Fsp3) is 0.150. The highest BCUT2D eigenvalue weighted by Crippen LogP contribution is 2.35. The Morgan fingerprint density at radius 1 is 1.28 bits per heavy atom. The molecule has 7 nitrogen and oxygen atoms in total. The molecule has 29 heavy (non-hydrogen) atoms. The first-order chi connectivity index (χ1) is 13.8. The van der Waals surface area contributed by atoms with E-state index in [4.69, 9.17) is 14.6 Å². The predicted octanol–water partition coefficient (Wildman–Crippen LogP) is 3.84. The fourth-order valence-corrected chi connectivity index (χ4v) is 3.04. The van der Waals surface area contributed by atoms with E-state index < -0.39 is 24.3 Å². The third-order valence-corrected chi connectivity index (χ3v) is 4.25. The first-order valence-electron chi connectivity index (χ1n) is 8.33. The lowest BCUT2D eigenvalue weighted by atomic mass is 10.1. The average molecular weight is 510 g/mol. The number of benzene rings is 2. The van der Waals surface area contributed by atoms with Crippen molar-refractivity contribution in [2.24, 2.45) is 0 Å². The molecule has 2 N–H and O–H groups in total. The van der Waals surface area contributed by atoms with Crippen LogP contribution >= 0.6 is 22.6 Å². The number of amides is 1. The molecule has 0 aromatic heterocycles. The van der Waals surface area contributed by atoms with Gasteiger partial charge in [-0.1, -0.05) is 0 Å². The van der Waals surface area contributed by atoms with Gasteiger partial charge in [-0.2, -0.15) is 5.26 Å². The van der Waals surface area contributed by atoms with Gasteiger partial charge in [0.05, 0.1) is 10.2 Å². The zero-order valence-corrected chi connectivity index (χ0v) is 17.4. The topological polar surface area (TPSA) is 109 Å². The van der Waals surface area contributed by atoms with Crippen LogP contribution in [0.15, 0.2) is 42.0 Å². The number of aliphatic carboxylic acids is 1. The van der Waals surface area contributed by atoms with E-state index in [1.165, 1.54) is 30.3 Å². The monoisotopic (exact) mass is 510 g/mol. The number of nitrogens with one attached hydrogen (secondary N) is 1. The molecule has 0 saturated heterocycles. The number of nitrogens with zero attached hydrogens (tertiary/aromatic N) is 1. The minimum absolute atomic E-state index is 0.174. The summed E-state index contributed by atoms with van der Waals surface area (Å²) in [6, 6.07) is 10.2. The molecule has 0 aliphatic rings. The summed E-state index contributed by atoms with van der Waals surface area (Å²) in [4.78, 5) is 23.1. The van der Waals surface area contributed by atoms with E-state index in [-0.39, 0.29) is 11.3 Å². The normalized spacial score (nSPS) is 10.8. The second-order valence-electron chi connectivity index (χ2n) is 5.58. The zero-order valence-electron chi connectivity index (χ0n) is 15.2. The molecule has 2 aromatic carbocycles. The molecule has 0 saturated carbocycles. The van der Waals surface area contributed by atoms with Crippen LogP contribution in [0.3, 0.4) is 0 Å². The lowest BCUT2D eigenvalue weighted by Crippen LogP contribution is -2.13. The van der Waals surface area contributed by atoms with Gasteiger partial charge in [0.2, 0.25) is 0 Å². The minimum atomic E-state index is -1.13. The van der Waals surface area contributed by atoms with Gasteiger partial charge >= 0.3 is 5.97 Å². The van der Waals surface area contributed by atoms with Gasteiger partial charge in [-0.15, -0.1) is 0 Å². The molecule has 0 atom stereocenters. The highest BCUT2D eigenvalue weighted by atomic mass is 127. The van der Waals surface area contributed by atoms with E-state index in [2.05, 4.69) is 5.32 Å². The Hall–Kier alpha value is -3.13. The van der Waals surface area contributed by atoms with Crippen molar-refractivity contribution in [3.63, 3.8) is 0 Å². The number of halogens is 2. The smallest absolute Gasteiger partial charge is 0.341 e. The Morgan fingerprint density at radius 3 is 2.55 bits per heavy atom. The van der Waals surface area contributed by atoms with Crippen molar-refractivity contribution in [3.05, 3.63) is 56.9 Å². The number of carboxylic acid groups (broad SMARTS) is 1. The number of carbonyl (C=O) groups is 2. The number of rotatable bonds is 8. The fourth-order valence-electron chi connectivity index (χ4n) is 2.26. The van der Waals surface area contributed by atoms with E-state index in [1.807, 2.05) is 28.7 Å². The van der Waals surface area contributed by atoms with Gasteiger partial charge in [0.15, 0.2) is 18.1 Å². The van der Waals surface area contributed by atoms with Crippen LogP contribution in [-0.2, 0) is 9.59 Å². The van der Waals surface area contributed by atoms with Crippen LogP contribution in [0.1, 0.15) is 12.5 Å². The summed E-state index contributed by atoms with van der Waals surface area (Å²) in [6.45, 7) is 1.53. The van der Waals surface area contributed by atoms with Crippen LogP contribution in [0.2, 0.25) is 0 Å². The second kappa shape index (κ2) is 10.4. The van der Waals surface area contributed by atoms with Gasteiger partial charge in [0.25, 0.3) is 5.91 Å². The molecule has 9 heteroatoms. The number of hydrogen-bond donors (Lipinski definition) is 2. The molecule has 0 radical (unpaired) electrons. The number of hydrogen-bond acceptors (Lipinski definition) is 5. The van der Waals surface area contributed by atoms with Gasteiger partial charge in [-0.3, -0.25) is 4.79 Å². The van der Waals surface area contributed by atoms with Gasteiger partial charge in [-0.05, 0) is 77.6 Å². The summed E-state index contributed by atoms with van der Waals surface area (Å²) in [5.74, 6) is -1.67. The third kappa shape index (κ3) is 6.46. The van der Waals surface area contributed by atoms with Gasteiger partial charge in [0, 0.05) is 5.69 Å². The molecule has 0 unspecified atom stereocenters. The van der Waals surface area contributed by atoms with Crippen LogP contribution in [0.25, 0.3) is 6.08 Å². The van der Waals surface area contributed by atoms with E-state index in [0.717, 1.165) is 0 Å². The van der Waals surface area contributed by atoms with Crippen molar-refractivity contribution < 1.29 is 28.6 Å². The maximum Gasteiger partial charge on any atom is 0.341 e. The first kappa shape index (κ1) is 22.2. The van der Waals surface area contributed by atoms with Crippen LogP contribution in [0, 0.1) is 20.7 Å². The second-order valence-corrected chi connectivity index (χ2v) is 6.74. The number of carboxylic acids is 1. The number of carbonyl (C=O) groups excluding carboxylic acids is 1. The molecule has 2 rings (SSSR count). The van der Waals surface area contributed by atoms with Crippen LogP contribution in [0.5, 0.6) is 11.5 Å². The minimum Gasteiger partial charge on any atom is -0.490 e. The van der Waals surface area contributed by atoms with Gasteiger partial charge < -0.3 is 19.9 Å². The zero-order chi connectivity index (χ0) is 21.4. The highest BCUT2D eigenvalue weighted by molar-refractivity contribution is 14.1. The van der Waals surface area contributed by atoms with Crippen molar-refractivity contribution in [2.75, 3.05) is 18.5 Å². The predicted molar refractivity (Wildman–Crippen MR) is 112 cm³/mol. The Bertz CT molecular complexity index is 984. The van der Waals surface area contributed by atoms with Crippen molar-refractivity contribution >= 4 is 46.2 Å². The molecule has 2 aromatic rings. The molecule has 0 aliphatic carbocycles. The Kier molecular flexibility index (Phi) is 7.97. The van der Waals surface area contributed by atoms with E-state index >= 15 is 0 Å². The van der Waals surface area contributed by atoms with Gasteiger partial charge in [-0.25, -0.2) is 9.18 Å². The molecule has 0 spiro atoms. The molecular weight excluding hydrogens is 494 g/mol. The van der Waals surface area contributed by atoms with Crippen molar-refractivity contribution in [3.8, 4) is 17.6 Å². The van der Waals surface area contributed by atoms with Crippen LogP contribution < -0.4 is 14.8 Å². The molecule has 0 heterocycles.